The van der Waals surface area contributed by atoms with E-state index in [9.17, 15) is 0 Å². The van der Waals surface area contributed by atoms with Crippen molar-refractivity contribution in [2.75, 3.05) is 5.75 Å². The Hall–Kier alpha value is -2.05. The lowest BCUT2D eigenvalue weighted by Crippen LogP contribution is -2.54. The van der Waals surface area contributed by atoms with Gasteiger partial charge in [0.2, 0.25) is 0 Å². The summed E-state index contributed by atoms with van der Waals surface area (Å²) in [5, 5.41) is 10.1. The molecule has 0 aliphatic heterocycles. The highest BCUT2D eigenvalue weighted by molar-refractivity contribution is 7.99. The molecule has 1 aromatic carbocycles. The van der Waals surface area contributed by atoms with E-state index in [1.54, 1.807) is 11.8 Å². The molecule has 0 unspecified atom stereocenters. The molecule has 0 aliphatic carbocycles. The van der Waals surface area contributed by atoms with E-state index in [4.69, 9.17) is 4.42 Å². The second kappa shape index (κ2) is 7.02. The average molecular weight is 329 g/mol. The van der Waals surface area contributed by atoms with Gasteiger partial charge in [0.05, 0.1) is 0 Å². The maximum Gasteiger partial charge on any atom is 0.277 e. The van der Waals surface area contributed by atoms with E-state index in [1.165, 1.54) is 16.5 Å². The van der Waals surface area contributed by atoms with Crippen molar-refractivity contribution in [2.45, 2.75) is 31.5 Å². The van der Waals surface area contributed by atoms with Crippen molar-refractivity contribution in [1.29, 1.82) is 0 Å². The summed E-state index contributed by atoms with van der Waals surface area (Å²) in [6.45, 7) is 4.15. The standard InChI is InChI=1S/C17H20N4OS/c1-11(2)7-8-23-17-21-20-16(22-17)14(18)9-12-10-19-15-6-4-3-5-13(12)15/h3-7,10,14,19H,8-9,18H2,1-2H3/p+1/t14-/m0/s1. The summed E-state index contributed by atoms with van der Waals surface area (Å²) in [7, 11) is 0. The number of benzene rings is 1. The van der Waals surface area contributed by atoms with E-state index in [0.29, 0.717) is 11.1 Å². The molecule has 0 fully saturated rings. The van der Waals surface area contributed by atoms with Crippen molar-refractivity contribution < 1.29 is 10.2 Å². The van der Waals surface area contributed by atoms with Gasteiger partial charge < -0.3 is 15.1 Å². The number of hydrogen-bond donors (Lipinski definition) is 2. The van der Waals surface area contributed by atoms with Crippen LogP contribution in [-0.4, -0.2) is 20.9 Å². The number of nitrogens with zero attached hydrogens (tertiary/aromatic N) is 2. The first-order valence-electron chi connectivity index (χ1n) is 7.61. The topological polar surface area (TPSA) is 82.4 Å². The van der Waals surface area contributed by atoms with Gasteiger partial charge in [0.1, 0.15) is 0 Å². The predicted molar refractivity (Wildman–Crippen MR) is 92.1 cm³/mol. The summed E-state index contributed by atoms with van der Waals surface area (Å²) in [6.07, 6.45) is 4.94. The van der Waals surface area contributed by atoms with Crippen molar-refractivity contribution in [2.24, 2.45) is 0 Å². The molecule has 0 radical (unpaired) electrons. The highest BCUT2D eigenvalue weighted by atomic mass is 32.2. The maximum atomic E-state index is 5.73. The fourth-order valence-corrected chi connectivity index (χ4v) is 3.18. The van der Waals surface area contributed by atoms with E-state index >= 15 is 0 Å². The summed E-state index contributed by atoms with van der Waals surface area (Å²) in [5.74, 6) is 1.43. The number of aromatic nitrogens is 3. The zero-order valence-corrected chi connectivity index (χ0v) is 14.2. The molecule has 0 saturated carbocycles. The largest absolute Gasteiger partial charge is 0.410 e. The second-order valence-electron chi connectivity index (χ2n) is 5.76. The van der Waals surface area contributed by atoms with Crippen molar-refractivity contribution >= 4 is 22.7 Å². The van der Waals surface area contributed by atoms with Crippen molar-refractivity contribution in [3.8, 4) is 0 Å². The number of rotatable bonds is 6. The minimum atomic E-state index is -0.0560. The highest BCUT2D eigenvalue weighted by Gasteiger charge is 2.20. The first-order valence-corrected chi connectivity index (χ1v) is 8.59. The Bertz CT molecular complexity index is 817. The lowest BCUT2D eigenvalue weighted by molar-refractivity contribution is -0.431. The number of H-pyrrole nitrogens is 1. The van der Waals surface area contributed by atoms with Crippen LogP contribution in [0.15, 0.2) is 51.8 Å². The third-order valence-corrected chi connectivity index (χ3v) is 4.36. The molecule has 0 amide bonds. The van der Waals surface area contributed by atoms with Crippen LogP contribution in [0.1, 0.15) is 31.3 Å². The van der Waals surface area contributed by atoms with E-state index in [1.807, 2.05) is 18.3 Å². The van der Waals surface area contributed by atoms with Crippen molar-refractivity contribution in [1.82, 2.24) is 15.2 Å². The van der Waals surface area contributed by atoms with Crippen LogP contribution in [0.2, 0.25) is 0 Å². The van der Waals surface area contributed by atoms with Crippen LogP contribution in [0.3, 0.4) is 0 Å². The second-order valence-corrected chi connectivity index (χ2v) is 6.73. The van der Waals surface area contributed by atoms with Crippen LogP contribution >= 0.6 is 11.8 Å². The van der Waals surface area contributed by atoms with Gasteiger partial charge in [-0.2, -0.15) is 0 Å². The number of allylic oxidation sites excluding steroid dienone is 1. The van der Waals surface area contributed by atoms with Gasteiger partial charge in [0.25, 0.3) is 11.1 Å². The van der Waals surface area contributed by atoms with Gasteiger partial charge in [-0.1, -0.05) is 41.6 Å². The molecule has 4 N–H and O–H groups in total. The van der Waals surface area contributed by atoms with Gasteiger partial charge >= 0.3 is 0 Å². The Labute approximate surface area is 139 Å². The maximum absolute atomic E-state index is 5.73. The number of quaternary nitrogens is 1. The Kier molecular flexibility index (Phi) is 4.83. The third kappa shape index (κ3) is 3.83. The number of thioether (sulfide) groups is 1. The SMILES string of the molecule is CC(C)=CCSc1nnc([C@@H]([NH3+])Cc2c[nH]c3ccccc23)o1. The Balaban J connectivity index is 1.67. The highest BCUT2D eigenvalue weighted by Crippen LogP contribution is 2.24. The van der Waals surface area contributed by atoms with Crippen molar-refractivity contribution in [3.05, 3.63) is 53.6 Å². The van der Waals surface area contributed by atoms with E-state index in [2.05, 4.69) is 53.0 Å². The summed E-state index contributed by atoms with van der Waals surface area (Å²) < 4.78 is 5.73. The fraction of sp³-hybridized carbons (Fsp3) is 0.294. The first kappa shape index (κ1) is 15.8. The van der Waals surface area contributed by atoms with E-state index in [0.717, 1.165) is 17.7 Å². The molecule has 0 aliphatic rings. The number of nitrogens with one attached hydrogen (secondary N) is 1. The normalized spacial score (nSPS) is 12.5. The molecular weight excluding hydrogens is 308 g/mol. The lowest BCUT2D eigenvalue weighted by Gasteiger charge is -2.02. The summed E-state index contributed by atoms with van der Waals surface area (Å²) in [6, 6.07) is 8.20. The molecule has 3 rings (SSSR count). The first-order chi connectivity index (χ1) is 11.1. The molecule has 0 spiro atoms. The van der Waals surface area contributed by atoms with Crippen LogP contribution in [0.5, 0.6) is 0 Å². The molecule has 1 atom stereocenters. The Morgan fingerprint density at radius 3 is 3.00 bits per heavy atom. The molecular formula is C17H21N4OS+. The van der Waals surface area contributed by atoms with Gasteiger partial charge in [-0.15, -0.1) is 10.2 Å². The molecule has 2 aromatic heterocycles. The van der Waals surface area contributed by atoms with Gasteiger partial charge in [0.15, 0.2) is 6.04 Å². The zero-order chi connectivity index (χ0) is 16.2. The number of hydrogen-bond acceptors (Lipinski definition) is 4. The molecule has 0 bridgehead atoms. The quantitative estimate of drug-likeness (QED) is 0.537. The van der Waals surface area contributed by atoms with E-state index < -0.39 is 0 Å². The summed E-state index contributed by atoms with van der Waals surface area (Å²) in [5.41, 5.74) is 7.82. The molecule has 0 saturated heterocycles. The molecule has 23 heavy (non-hydrogen) atoms. The van der Waals surface area contributed by atoms with Gasteiger partial charge in [0, 0.05) is 29.3 Å². The van der Waals surface area contributed by atoms with Gasteiger partial charge in [-0.05, 0) is 25.5 Å². The van der Waals surface area contributed by atoms with Gasteiger partial charge in [-0.3, -0.25) is 0 Å². The predicted octanol–water partition coefficient (Wildman–Crippen LogP) is 3.13. The van der Waals surface area contributed by atoms with E-state index in [-0.39, 0.29) is 6.04 Å². The molecule has 5 nitrogen and oxygen atoms in total. The monoisotopic (exact) mass is 329 g/mol. The molecule has 2 heterocycles. The Morgan fingerprint density at radius 2 is 2.17 bits per heavy atom. The minimum Gasteiger partial charge on any atom is -0.410 e. The number of fused-ring (bicyclic) bond motifs is 1. The number of aromatic amines is 1. The molecule has 3 aromatic rings. The fourth-order valence-electron chi connectivity index (χ4n) is 2.38. The molecule has 120 valence electrons. The van der Waals surface area contributed by atoms with Crippen LogP contribution in [0.4, 0.5) is 0 Å². The Morgan fingerprint density at radius 1 is 1.35 bits per heavy atom. The summed E-state index contributed by atoms with van der Waals surface area (Å²) in [4.78, 5) is 3.28. The minimum absolute atomic E-state index is 0.0560. The van der Waals surface area contributed by atoms with Crippen LogP contribution < -0.4 is 5.73 Å². The van der Waals surface area contributed by atoms with Crippen molar-refractivity contribution in [3.63, 3.8) is 0 Å². The summed E-state index contributed by atoms with van der Waals surface area (Å²) >= 11 is 1.55. The lowest BCUT2D eigenvalue weighted by atomic mass is 10.1. The number of para-hydroxylation sites is 1. The third-order valence-electron chi connectivity index (χ3n) is 3.61. The smallest absolute Gasteiger partial charge is 0.277 e. The molecule has 6 heteroatoms. The van der Waals surface area contributed by atoms with Gasteiger partial charge in [-0.25, -0.2) is 0 Å². The van der Waals surface area contributed by atoms with Crippen LogP contribution in [0, 0.1) is 0 Å². The average Bonchev–Trinajstić information content (AvgIpc) is 3.15. The van der Waals surface area contributed by atoms with Crippen LogP contribution in [0.25, 0.3) is 10.9 Å². The zero-order valence-electron chi connectivity index (χ0n) is 13.4. The van der Waals surface area contributed by atoms with Crippen LogP contribution in [-0.2, 0) is 6.42 Å².